The minimum absolute atomic E-state index is 0.448. The Hall–Kier alpha value is -2.34. The second-order valence-electron chi connectivity index (χ2n) is 7.12. The summed E-state index contributed by atoms with van der Waals surface area (Å²) >= 11 is 0. The van der Waals surface area contributed by atoms with E-state index in [-0.39, 0.29) is 0 Å². The summed E-state index contributed by atoms with van der Waals surface area (Å²) in [6.45, 7) is 1.60. The zero-order valence-corrected chi connectivity index (χ0v) is 15.4. The number of ether oxygens (including phenoxy) is 2. The molecule has 1 aliphatic carbocycles. The molecule has 1 N–H and O–H groups in total. The van der Waals surface area contributed by atoms with Gasteiger partial charge in [0.15, 0.2) is 0 Å². The Balaban J connectivity index is 1.43. The van der Waals surface area contributed by atoms with Gasteiger partial charge in [-0.1, -0.05) is 6.07 Å². The van der Waals surface area contributed by atoms with Crippen molar-refractivity contribution >= 4 is 5.95 Å². The Kier molecular flexibility index (Phi) is 4.93. The Morgan fingerprint density at radius 1 is 1.19 bits per heavy atom. The second kappa shape index (κ2) is 7.50. The molecule has 0 unspecified atom stereocenters. The third kappa shape index (κ3) is 3.46. The number of aromatic nitrogens is 2. The highest BCUT2D eigenvalue weighted by molar-refractivity contribution is 5.33. The van der Waals surface area contributed by atoms with Crippen molar-refractivity contribution in [2.24, 2.45) is 5.92 Å². The van der Waals surface area contributed by atoms with Crippen molar-refractivity contribution in [1.82, 2.24) is 14.9 Å². The molecule has 2 aromatic rings. The zero-order valence-electron chi connectivity index (χ0n) is 15.4. The lowest BCUT2D eigenvalue weighted by Gasteiger charge is -2.35. The van der Waals surface area contributed by atoms with Gasteiger partial charge in [0.1, 0.15) is 18.1 Å². The number of hydrogen-bond donors (Lipinski definition) is 1. The van der Waals surface area contributed by atoms with E-state index < -0.39 is 0 Å². The monoisotopic (exact) mass is 354 g/mol. The summed E-state index contributed by atoms with van der Waals surface area (Å²) in [5.41, 5.74) is 1.16. The van der Waals surface area contributed by atoms with Gasteiger partial charge in [-0.05, 0) is 37.3 Å². The van der Waals surface area contributed by atoms with E-state index in [2.05, 4.69) is 20.2 Å². The summed E-state index contributed by atoms with van der Waals surface area (Å²) in [5.74, 6) is 3.08. The maximum atomic E-state index is 6.13. The van der Waals surface area contributed by atoms with Crippen LogP contribution in [0.25, 0.3) is 0 Å². The fourth-order valence-corrected chi connectivity index (χ4v) is 4.31. The Morgan fingerprint density at radius 2 is 2.00 bits per heavy atom. The molecule has 2 fully saturated rings. The number of nitrogens with one attached hydrogen (secondary N) is 1. The number of fused-ring (bicyclic) bond motifs is 2. The highest BCUT2D eigenvalue weighted by Gasteiger charge is 2.45. The van der Waals surface area contributed by atoms with E-state index in [1.54, 1.807) is 7.11 Å². The van der Waals surface area contributed by atoms with Crippen molar-refractivity contribution in [3.05, 3.63) is 42.2 Å². The van der Waals surface area contributed by atoms with Crippen molar-refractivity contribution < 1.29 is 9.47 Å². The van der Waals surface area contributed by atoms with Gasteiger partial charge in [-0.15, -0.1) is 0 Å². The molecular weight excluding hydrogens is 328 g/mol. The van der Waals surface area contributed by atoms with E-state index in [0.717, 1.165) is 29.5 Å². The Morgan fingerprint density at radius 3 is 2.77 bits per heavy atom. The largest absolute Gasteiger partial charge is 0.497 e. The van der Waals surface area contributed by atoms with Crippen molar-refractivity contribution in [3.63, 3.8) is 0 Å². The number of hydrogen-bond acceptors (Lipinski definition) is 6. The molecule has 1 aromatic heterocycles. The van der Waals surface area contributed by atoms with Crippen molar-refractivity contribution in [1.29, 1.82) is 0 Å². The Bertz CT molecular complexity index is 737. The van der Waals surface area contributed by atoms with Gasteiger partial charge in [0.05, 0.1) is 7.11 Å². The van der Waals surface area contributed by atoms with Crippen molar-refractivity contribution in [2.45, 2.75) is 37.9 Å². The topological polar surface area (TPSA) is 59.5 Å². The van der Waals surface area contributed by atoms with Crippen molar-refractivity contribution in [3.8, 4) is 11.5 Å². The van der Waals surface area contributed by atoms with Gasteiger partial charge in [-0.2, -0.15) is 0 Å². The number of rotatable bonds is 7. The van der Waals surface area contributed by atoms with E-state index in [1.807, 2.05) is 43.7 Å². The number of likely N-dealkylation sites (tertiary alicyclic amines) is 1. The fraction of sp³-hybridized carbons (Fsp3) is 0.500. The van der Waals surface area contributed by atoms with Gasteiger partial charge in [0.2, 0.25) is 5.95 Å². The van der Waals surface area contributed by atoms with E-state index >= 15 is 0 Å². The van der Waals surface area contributed by atoms with Crippen LogP contribution in [-0.2, 0) is 6.54 Å². The molecule has 6 nitrogen and oxygen atoms in total. The third-order valence-corrected chi connectivity index (χ3v) is 5.64. The molecule has 1 saturated carbocycles. The number of benzene rings is 1. The summed E-state index contributed by atoms with van der Waals surface area (Å²) < 4.78 is 11.4. The molecule has 3 atom stereocenters. The van der Waals surface area contributed by atoms with Crippen LogP contribution in [0.5, 0.6) is 11.5 Å². The van der Waals surface area contributed by atoms with Crippen LogP contribution >= 0.6 is 0 Å². The summed E-state index contributed by atoms with van der Waals surface area (Å²) in [4.78, 5) is 11.3. The molecule has 138 valence electrons. The molecule has 0 radical (unpaired) electrons. The molecule has 1 aliphatic heterocycles. The van der Waals surface area contributed by atoms with E-state index in [4.69, 9.17) is 9.47 Å². The molecule has 26 heavy (non-hydrogen) atoms. The molecule has 0 spiro atoms. The maximum Gasteiger partial charge on any atom is 0.222 e. The van der Waals surface area contributed by atoms with Gasteiger partial charge in [0, 0.05) is 49.7 Å². The number of methoxy groups -OCH3 is 1. The first kappa shape index (κ1) is 17.1. The predicted octanol–water partition coefficient (Wildman–Crippen LogP) is 2.96. The van der Waals surface area contributed by atoms with Crippen LogP contribution < -0.4 is 14.8 Å². The molecular formula is C20H26N4O2. The first-order chi connectivity index (χ1) is 12.8. The summed E-state index contributed by atoms with van der Waals surface area (Å²) in [5, 5.41) is 2.97. The molecule has 6 heteroatoms. The summed E-state index contributed by atoms with van der Waals surface area (Å²) in [6.07, 6.45) is 7.72. The first-order valence-electron chi connectivity index (χ1n) is 9.28. The van der Waals surface area contributed by atoms with Gasteiger partial charge in [-0.3, -0.25) is 4.90 Å². The van der Waals surface area contributed by atoms with Crippen LogP contribution in [-0.4, -0.2) is 47.7 Å². The van der Waals surface area contributed by atoms with E-state index in [9.17, 15) is 0 Å². The highest BCUT2D eigenvalue weighted by Crippen LogP contribution is 2.43. The molecule has 4 rings (SSSR count). The fourth-order valence-electron chi connectivity index (χ4n) is 4.31. The third-order valence-electron chi connectivity index (χ3n) is 5.64. The minimum Gasteiger partial charge on any atom is -0.497 e. The lowest BCUT2D eigenvalue weighted by molar-refractivity contribution is 0.0865. The average molecular weight is 354 g/mol. The maximum absolute atomic E-state index is 6.13. The van der Waals surface area contributed by atoms with Crippen molar-refractivity contribution in [2.75, 3.05) is 26.1 Å². The van der Waals surface area contributed by atoms with Crippen LogP contribution in [0.1, 0.15) is 24.8 Å². The SMILES string of the molecule is CNc1ncc(CN2[C@H]3CC[C@@H](C3)[C@H]2COc2cccc(OC)c2)cn1. The lowest BCUT2D eigenvalue weighted by atomic mass is 9.99. The molecule has 0 amide bonds. The predicted molar refractivity (Wildman–Crippen MR) is 101 cm³/mol. The molecule has 2 heterocycles. The van der Waals surface area contributed by atoms with Crippen LogP contribution in [0.4, 0.5) is 5.95 Å². The average Bonchev–Trinajstić information content (AvgIpc) is 3.29. The first-order valence-corrected chi connectivity index (χ1v) is 9.28. The second-order valence-corrected chi connectivity index (χ2v) is 7.12. The lowest BCUT2D eigenvalue weighted by Crippen LogP contribution is -2.43. The number of anilines is 1. The molecule has 1 aromatic carbocycles. The quantitative estimate of drug-likeness (QED) is 0.825. The molecule has 1 saturated heterocycles. The van der Waals surface area contributed by atoms with E-state index in [1.165, 1.54) is 19.3 Å². The van der Waals surface area contributed by atoms with Crippen LogP contribution in [0.2, 0.25) is 0 Å². The number of piperidine rings is 1. The van der Waals surface area contributed by atoms with Gasteiger partial charge < -0.3 is 14.8 Å². The van der Waals surface area contributed by atoms with Crippen LogP contribution in [0.3, 0.4) is 0 Å². The molecule has 2 aliphatic rings. The van der Waals surface area contributed by atoms with Gasteiger partial charge in [-0.25, -0.2) is 9.97 Å². The van der Waals surface area contributed by atoms with Crippen LogP contribution in [0, 0.1) is 5.92 Å². The Labute approximate surface area is 154 Å². The highest BCUT2D eigenvalue weighted by atomic mass is 16.5. The minimum atomic E-state index is 0.448. The summed E-state index contributed by atoms with van der Waals surface area (Å²) in [6, 6.07) is 8.94. The normalized spacial score (nSPS) is 24.6. The van der Waals surface area contributed by atoms with E-state index in [0.29, 0.717) is 24.6 Å². The zero-order chi connectivity index (χ0) is 17.9. The summed E-state index contributed by atoms with van der Waals surface area (Å²) in [7, 11) is 3.51. The van der Waals surface area contributed by atoms with Gasteiger partial charge in [0.25, 0.3) is 0 Å². The van der Waals surface area contributed by atoms with Crippen LogP contribution in [0.15, 0.2) is 36.7 Å². The standard InChI is InChI=1S/C20H26N4O2/c1-21-20-22-10-14(11-23-20)12-24-16-7-6-15(8-16)19(24)13-26-18-5-3-4-17(9-18)25-2/h3-5,9-11,15-16,19H,6-8,12-13H2,1-2H3,(H,21,22,23)/t15-,16-,19+/m0/s1. The van der Waals surface area contributed by atoms with Gasteiger partial charge >= 0.3 is 0 Å². The number of nitrogens with zero attached hydrogens (tertiary/aromatic N) is 3. The smallest absolute Gasteiger partial charge is 0.222 e. The molecule has 2 bridgehead atoms.